The van der Waals surface area contributed by atoms with Gasteiger partial charge in [-0.15, -0.1) is 0 Å². The van der Waals surface area contributed by atoms with Crippen molar-refractivity contribution in [1.29, 1.82) is 0 Å². The van der Waals surface area contributed by atoms with Crippen LogP contribution in [0.25, 0.3) is 0 Å². The molecule has 0 bridgehead atoms. The molecule has 0 saturated heterocycles. The molecule has 0 spiro atoms. The lowest BCUT2D eigenvalue weighted by molar-refractivity contribution is -0.137. The van der Waals surface area contributed by atoms with Gasteiger partial charge < -0.3 is 4.84 Å². The van der Waals surface area contributed by atoms with Crippen LogP contribution in [0.5, 0.6) is 0 Å². The highest BCUT2D eigenvalue weighted by molar-refractivity contribution is 6.31. The van der Waals surface area contributed by atoms with Crippen LogP contribution >= 0.6 is 23.2 Å². The normalized spacial score (nSPS) is 12.1. The van der Waals surface area contributed by atoms with Crippen molar-refractivity contribution >= 4 is 28.9 Å². The number of hydrogen-bond acceptors (Lipinski definition) is 2. The number of nitrogens with zero attached hydrogens (tertiary/aromatic N) is 1. The Bertz CT molecular complexity index is 988. The first-order valence-corrected chi connectivity index (χ1v) is 8.97. The van der Waals surface area contributed by atoms with E-state index in [2.05, 4.69) is 5.16 Å². The minimum absolute atomic E-state index is 0.0393. The zero-order valence-electron chi connectivity index (χ0n) is 14.4. The monoisotopic (exact) mass is 423 g/mol. The standard InChI is InChI=1S/C21H14Cl2F3NO/c22-16-8-4-5-14(11-16)13-28-27-20(15-6-2-1-3-7-15)18-12-17(23)9-10-19(18)21(24,25)26/h1-12H,13H2. The summed E-state index contributed by atoms with van der Waals surface area (Å²) >= 11 is 11.9. The third kappa shape index (κ3) is 5.06. The maximum atomic E-state index is 13.5. The zero-order chi connectivity index (χ0) is 20.1. The van der Waals surface area contributed by atoms with E-state index in [0.717, 1.165) is 11.6 Å². The van der Waals surface area contributed by atoms with Gasteiger partial charge in [0, 0.05) is 21.2 Å². The van der Waals surface area contributed by atoms with Gasteiger partial charge in [-0.05, 0) is 35.9 Å². The third-order valence-corrected chi connectivity index (χ3v) is 4.34. The highest BCUT2D eigenvalue weighted by atomic mass is 35.5. The number of benzene rings is 3. The Morgan fingerprint density at radius 1 is 0.857 bits per heavy atom. The van der Waals surface area contributed by atoms with Gasteiger partial charge in [0.15, 0.2) is 0 Å². The summed E-state index contributed by atoms with van der Waals surface area (Å²) in [6.45, 7) is 0.0544. The van der Waals surface area contributed by atoms with Gasteiger partial charge in [0.05, 0.1) is 5.56 Å². The van der Waals surface area contributed by atoms with Crippen molar-refractivity contribution in [3.8, 4) is 0 Å². The average molecular weight is 424 g/mol. The molecule has 0 N–H and O–H groups in total. The first kappa shape index (κ1) is 20.2. The zero-order valence-corrected chi connectivity index (χ0v) is 15.9. The smallest absolute Gasteiger partial charge is 0.390 e. The first-order chi connectivity index (χ1) is 13.3. The van der Waals surface area contributed by atoms with Crippen molar-refractivity contribution in [1.82, 2.24) is 0 Å². The molecule has 0 aromatic heterocycles. The summed E-state index contributed by atoms with van der Waals surface area (Å²) in [5, 5.41) is 4.72. The number of oxime groups is 1. The van der Waals surface area contributed by atoms with Gasteiger partial charge in [-0.3, -0.25) is 0 Å². The van der Waals surface area contributed by atoms with Crippen molar-refractivity contribution in [3.63, 3.8) is 0 Å². The van der Waals surface area contributed by atoms with E-state index in [0.29, 0.717) is 10.6 Å². The number of hydrogen-bond donors (Lipinski definition) is 0. The summed E-state index contributed by atoms with van der Waals surface area (Å²) in [5.74, 6) is 0. The van der Waals surface area contributed by atoms with Crippen LogP contribution in [0.4, 0.5) is 13.2 Å². The summed E-state index contributed by atoms with van der Waals surface area (Å²) in [7, 11) is 0. The molecule has 3 aromatic rings. The van der Waals surface area contributed by atoms with Crippen LogP contribution in [0, 0.1) is 0 Å². The van der Waals surface area contributed by atoms with Crippen LogP contribution in [-0.2, 0) is 17.6 Å². The van der Waals surface area contributed by atoms with E-state index in [-0.39, 0.29) is 22.9 Å². The van der Waals surface area contributed by atoms with Crippen LogP contribution in [0.2, 0.25) is 10.0 Å². The van der Waals surface area contributed by atoms with Crippen molar-refractivity contribution in [2.75, 3.05) is 0 Å². The van der Waals surface area contributed by atoms with E-state index in [9.17, 15) is 13.2 Å². The molecule has 0 aliphatic rings. The highest BCUT2D eigenvalue weighted by Crippen LogP contribution is 2.34. The van der Waals surface area contributed by atoms with E-state index in [4.69, 9.17) is 28.0 Å². The lowest BCUT2D eigenvalue weighted by Gasteiger charge is -2.15. The maximum Gasteiger partial charge on any atom is 0.417 e. The molecule has 7 heteroatoms. The van der Waals surface area contributed by atoms with Crippen LogP contribution in [0.1, 0.15) is 22.3 Å². The van der Waals surface area contributed by atoms with Gasteiger partial charge in [0.2, 0.25) is 0 Å². The van der Waals surface area contributed by atoms with E-state index in [1.807, 2.05) is 0 Å². The fourth-order valence-corrected chi connectivity index (χ4v) is 3.00. The van der Waals surface area contributed by atoms with Crippen molar-refractivity contribution in [3.05, 3.63) is 105 Å². The lowest BCUT2D eigenvalue weighted by atomic mass is 9.97. The van der Waals surface area contributed by atoms with Gasteiger partial charge in [0.1, 0.15) is 12.3 Å². The minimum Gasteiger partial charge on any atom is -0.390 e. The molecule has 0 radical (unpaired) electrons. The SMILES string of the molecule is FC(F)(F)c1ccc(Cl)cc1C(=NOCc1cccc(Cl)c1)c1ccccc1. The van der Waals surface area contributed by atoms with Gasteiger partial charge in [-0.25, -0.2) is 0 Å². The molecular formula is C21H14Cl2F3NO. The molecule has 0 saturated carbocycles. The third-order valence-electron chi connectivity index (χ3n) is 3.87. The Kier molecular flexibility index (Phi) is 6.27. The van der Waals surface area contributed by atoms with Crippen LogP contribution in [0.15, 0.2) is 78.0 Å². The summed E-state index contributed by atoms with van der Waals surface area (Å²) in [5.41, 5.74) is 0.257. The minimum atomic E-state index is -4.57. The van der Waals surface area contributed by atoms with Crippen molar-refractivity contribution < 1.29 is 18.0 Å². The van der Waals surface area contributed by atoms with Gasteiger partial charge in [-0.2, -0.15) is 13.2 Å². The first-order valence-electron chi connectivity index (χ1n) is 8.21. The lowest BCUT2D eigenvalue weighted by Crippen LogP contribution is -2.15. The van der Waals surface area contributed by atoms with Crippen LogP contribution < -0.4 is 0 Å². The molecule has 3 rings (SSSR count). The largest absolute Gasteiger partial charge is 0.417 e. The second-order valence-corrected chi connectivity index (χ2v) is 6.77. The molecule has 0 fully saturated rings. The molecule has 0 unspecified atom stereocenters. The molecular weight excluding hydrogens is 410 g/mol. The van der Waals surface area contributed by atoms with E-state index < -0.39 is 11.7 Å². The van der Waals surface area contributed by atoms with Crippen molar-refractivity contribution in [2.24, 2.45) is 5.16 Å². The summed E-state index contributed by atoms with van der Waals surface area (Å²) in [6, 6.07) is 18.8. The predicted octanol–water partition coefficient (Wildman–Crippen LogP) is 6.98. The molecule has 0 aliphatic heterocycles. The summed E-state index contributed by atoms with van der Waals surface area (Å²) in [4.78, 5) is 5.37. The van der Waals surface area contributed by atoms with Crippen LogP contribution in [0.3, 0.4) is 0 Å². The topological polar surface area (TPSA) is 21.6 Å². The van der Waals surface area contributed by atoms with Gasteiger partial charge in [-0.1, -0.05) is 70.8 Å². The Morgan fingerprint density at radius 2 is 1.57 bits per heavy atom. The molecule has 28 heavy (non-hydrogen) atoms. The molecule has 0 atom stereocenters. The average Bonchev–Trinajstić information content (AvgIpc) is 2.65. The Morgan fingerprint density at radius 3 is 2.25 bits per heavy atom. The second-order valence-electron chi connectivity index (χ2n) is 5.90. The fraction of sp³-hybridized carbons (Fsp3) is 0.0952. The molecule has 0 amide bonds. The number of halogens is 5. The molecule has 3 aromatic carbocycles. The Hall–Kier alpha value is -2.50. The Labute approximate surface area is 170 Å². The predicted molar refractivity (Wildman–Crippen MR) is 105 cm³/mol. The summed E-state index contributed by atoms with van der Waals surface area (Å²) in [6.07, 6.45) is -4.57. The van der Waals surface area contributed by atoms with Gasteiger partial charge >= 0.3 is 6.18 Å². The van der Waals surface area contributed by atoms with E-state index in [1.54, 1.807) is 54.6 Å². The van der Waals surface area contributed by atoms with Crippen LogP contribution in [-0.4, -0.2) is 5.71 Å². The number of rotatable bonds is 5. The molecule has 0 aliphatic carbocycles. The quantitative estimate of drug-likeness (QED) is 0.320. The molecule has 144 valence electrons. The van der Waals surface area contributed by atoms with Gasteiger partial charge in [0.25, 0.3) is 0 Å². The van der Waals surface area contributed by atoms with E-state index in [1.165, 1.54) is 12.1 Å². The number of alkyl halides is 3. The van der Waals surface area contributed by atoms with Crippen molar-refractivity contribution in [2.45, 2.75) is 12.8 Å². The second kappa shape index (κ2) is 8.67. The summed E-state index contributed by atoms with van der Waals surface area (Å²) < 4.78 is 40.6. The maximum absolute atomic E-state index is 13.5. The molecule has 2 nitrogen and oxygen atoms in total. The molecule has 0 heterocycles. The fourth-order valence-electron chi connectivity index (χ4n) is 2.61. The highest BCUT2D eigenvalue weighted by Gasteiger charge is 2.35. The Balaban J connectivity index is 2.03. The van der Waals surface area contributed by atoms with E-state index >= 15 is 0 Å².